The molecule has 0 unspecified atom stereocenters. The molecule has 120 valence electrons. The minimum Gasteiger partial charge on any atom is -0.506 e. The van der Waals surface area contributed by atoms with Crippen LogP contribution < -0.4 is 5.32 Å². The summed E-state index contributed by atoms with van der Waals surface area (Å²) in [5, 5.41) is 12.4. The van der Waals surface area contributed by atoms with Gasteiger partial charge in [-0.3, -0.25) is 9.59 Å². The lowest BCUT2D eigenvalue weighted by atomic mass is 9.81. The molecule has 6 heteroatoms. The summed E-state index contributed by atoms with van der Waals surface area (Å²) in [6, 6.07) is 4.58. The molecular formula is C16H21ClN2O3. The van der Waals surface area contributed by atoms with E-state index in [0.29, 0.717) is 18.5 Å². The van der Waals surface area contributed by atoms with Gasteiger partial charge in [0.2, 0.25) is 11.8 Å². The van der Waals surface area contributed by atoms with Crippen molar-refractivity contribution >= 4 is 29.1 Å². The quantitative estimate of drug-likeness (QED) is 0.840. The van der Waals surface area contributed by atoms with Crippen LogP contribution in [0, 0.1) is 11.8 Å². The third kappa shape index (κ3) is 3.91. The van der Waals surface area contributed by atoms with Crippen molar-refractivity contribution in [1.29, 1.82) is 0 Å². The summed E-state index contributed by atoms with van der Waals surface area (Å²) >= 11 is 5.82. The summed E-state index contributed by atoms with van der Waals surface area (Å²) in [6.07, 6.45) is 2.90. The first-order chi connectivity index (χ1) is 10.4. The number of phenols is 1. The topological polar surface area (TPSA) is 69.6 Å². The highest BCUT2D eigenvalue weighted by Crippen LogP contribution is 2.31. The molecule has 5 nitrogen and oxygen atoms in total. The van der Waals surface area contributed by atoms with Gasteiger partial charge in [-0.2, -0.15) is 0 Å². The third-order valence-electron chi connectivity index (χ3n) is 4.10. The molecule has 0 bridgehead atoms. The number of amides is 2. The molecule has 2 rings (SSSR count). The number of halogens is 1. The second-order valence-corrected chi connectivity index (χ2v) is 6.34. The number of carbonyl (C=O) groups excluding carboxylic acids is 2. The maximum Gasteiger partial charge on any atom is 0.227 e. The van der Waals surface area contributed by atoms with E-state index >= 15 is 0 Å². The molecule has 2 N–H and O–H groups in total. The van der Waals surface area contributed by atoms with Gasteiger partial charge < -0.3 is 15.3 Å². The molecular weight excluding hydrogens is 304 g/mol. The fourth-order valence-electron chi connectivity index (χ4n) is 2.80. The van der Waals surface area contributed by atoms with Crippen LogP contribution in [0.3, 0.4) is 0 Å². The molecule has 0 radical (unpaired) electrons. The van der Waals surface area contributed by atoms with Crippen LogP contribution in [-0.4, -0.2) is 35.9 Å². The Kier molecular flexibility index (Phi) is 5.29. The molecule has 0 atom stereocenters. The van der Waals surface area contributed by atoms with E-state index in [1.54, 1.807) is 25.1 Å². The normalized spacial score (nSPS) is 21.2. The number of hydrogen-bond acceptors (Lipinski definition) is 3. The highest BCUT2D eigenvalue weighted by Gasteiger charge is 2.30. The number of phenolic OH excluding ortho intramolecular Hbond substituents is 1. The number of carbonyl (C=O) groups is 2. The van der Waals surface area contributed by atoms with E-state index in [4.69, 9.17) is 11.6 Å². The van der Waals surface area contributed by atoms with Gasteiger partial charge in [0.25, 0.3) is 0 Å². The predicted octanol–water partition coefficient (Wildman–Crippen LogP) is 2.88. The van der Waals surface area contributed by atoms with Crippen LogP contribution >= 0.6 is 11.6 Å². The zero-order valence-electron chi connectivity index (χ0n) is 12.8. The van der Waals surface area contributed by atoms with Crippen LogP contribution in [-0.2, 0) is 9.59 Å². The molecule has 2 amide bonds. The van der Waals surface area contributed by atoms with Crippen molar-refractivity contribution in [2.24, 2.45) is 11.8 Å². The van der Waals surface area contributed by atoms with Crippen LogP contribution in [0.25, 0.3) is 0 Å². The van der Waals surface area contributed by atoms with Crippen LogP contribution in [0.5, 0.6) is 5.75 Å². The van der Waals surface area contributed by atoms with Crippen molar-refractivity contribution in [2.75, 3.05) is 19.4 Å². The Balaban J connectivity index is 1.89. The van der Waals surface area contributed by atoms with Crippen LogP contribution in [0.15, 0.2) is 18.2 Å². The van der Waals surface area contributed by atoms with E-state index in [1.165, 1.54) is 12.1 Å². The second kappa shape index (κ2) is 7.01. The van der Waals surface area contributed by atoms with E-state index in [-0.39, 0.29) is 34.4 Å². The van der Waals surface area contributed by atoms with E-state index in [0.717, 1.165) is 12.8 Å². The van der Waals surface area contributed by atoms with Crippen molar-refractivity contribution < 1.29 is 14.7 Å². The highest BCUT2D eigenvalue weighted by molar-refractivity contribution is 6.32. The van der Waals surface area contributed by atoms with E-state index < -0.39 is 0 Å². The molecule has 1 aromatic rings. The number of aromatic hydroxyl groups is 1. The Morgan fingerprint density at radius 3 is 2.32 bits per heavy atom. The molecule has 1 saturated carbocycles. The Morgan fingerprint density at radius 1 is 1.18 bits per heavy atom. The molecule has 1 fully saturated rings. The van der Waals surface area contributed by atoms with E-state index in [1.807, 2.05) is 0 Å². The number of anilines is 1. The molecule has 0 saturated heterocycles. The van der Waals surface area contributed by atoms with Gasteiger partial charge in [0.1, 0.15) is 5.75 Å². The molecule has 22 heavy (non-hydrogen) atoms. The first-order valence-electron chi connectivity index (χ1n) is 7.39. The smallest absolute Gasteiger partial charge is 0.227 e. The van der Waals surface area contributed by atoms with Gasteiger partial charge in [-0.1, -0.05) is 11.6 Å². The van der Waals surface area contributed by atoms with Crippen molar-refractivity contribution in [2.45, 2.75) is 25.7 Å². The zero-order valence-corrected chi connectivity index (χ0v) is 13.6. The van der Waals surface area contributed by atoms with Crippen LogP contribution in [0.4, 0.5) is 5.69 Å². The van der Waals surface area contributed by atoms with Crippen molar-refractivity contribution in [1.82, 2.24) is 4.90 Å². The van der Waals surface area contributed by atoms with Gasteiger partial charge >= 0.3 is 0 Å². The van der Waals surface area contributed by atoms with Gasteiger partial charge in [-0.05, 0) is 43.9 Å². The van der Waals surface area contributed by atoms with E-state index in [2.05, 4.69) is 5.32 Å². The van der Waals surface area contributed by atoms with Crippen molar-refractivity contribution in [3.05, 3.63) is 23.2 Å². The van der Waals surface area contributed by atoms with Gasteiger partial charge in [0.05, 0.1) is 5.02 Å². The lowest BCUT2D eigenvalue weighted by Crippen LogP contribution is -2.34. The lowest BCUT2D eigenvalue weighted by Gasteiger charge is -2.28. The summed E-state index contributed by atoms with van der Waals surface area (Å²) < 4.78 is 0. The van der Waals surface area contributed by atoms with Gasteiger partial charge in [-0.25, -0.2) is 0 Å². The number of nitrogens with zero attached hydrogens (tertiary/aromatic N) is 1. The summed E-state index contributed by atoms with van der Waals surface area (Å²) in [5.41, 5.74) is 0.569. The standard InChI is InChI=1S/C16H21ClN2O3/c1-19(2)16(22)11-5-3-10(4-6-11)15(21)18-12-7-8-14(20)13(17)9-12/h7-11,20H,3-6H2,1-2H3,(H,18,21). The summed E-state index contributed by atoms with van der Waals surface area (Å²) in [6.45, 7) is 0. The van der Waals surface area contributed by atoms with Crippen LogP contribution in [0.2, 0.25) is 5.02 Å². The summed E-state index contributed by atoms with van der Waals surface area (Å²) in [4.78, 5) is 25.8. The Hall–Kier alpha value is -1.75. The Labute approximate surface area is 135 Å². The first-order valence-corrected chi connectivity index (χ1v) is 7.77. The minimum atomic E-state index is -0.0845. The van der Waals surface area contributed by atoms with Gasteiger partial charge in [0.15, 0.2) is 0 Å². The number of hydrogen-bond donors (Lipinski definition) is 2. The fourth-order valence-corrected chi connectivity index (χ4v) is 2.98. The minimum absolute atomic E-state index is 0.0117. The average Bonchev–Trinajstić information content (AvgIpc) is 2.50. The molecule has 1 aromatic carbocycles. The molecule has 0 heterocycles. The molecule has 0 aromatic heterocycles. The van der Waals surface area contributed by atoms with Gasteiger partial charge in [0, 0.05) is 31.6 Å². The maximum atomic E-state index is 12.3. The van der Waals surface area contributed by atoms with Crippen molar-refractivity contribution in [3.63, 3.8) is 0 Å². The van der Waals surface area contributed by atoms with Crippen molar-refractivity contribution in [3.8, 4) is 5.75 Å². The lowest BCUT2D eigenvalue weighted by molar-refractivity contribution is -0.135. The fraction of sp³-hybridized carbons (Fsp3) is 0.500. The summed E-state index contributed by atoms with van der Waals surface area (Å²) in [5.74, 6) is 0.0185. The SMILES string of the molecule is CN(C)C(=O)C1CCC(C(=O)Nc2ccc(O)c(Cl)c2)CC1. The molecule has 1 aliphatic rings. The van der Waals surface area contributed by atoms with E-state index in [9.17, 15) is 14.7 Å². The van der Waals surface area contributed by atoms with Crippen LogP contribution in [0.1, 0.15) is 25.7 Å². The second-order valence-electron chi connectivity index (χ2n) is 5.94. The predicted molar refractivity (Wildman–Crippen MR) is 85.9 cm³/mol. The largest absolute Gasteiger partial charge is 0.506 e. The third-order valence-corrected chi connectivity index (χ3v) is 4.41. The van der Waals surface area contributed by atoms with Gasteiger partial charge in [-0.15, -0.1) is 0 Å². The Bertz CT molecular complexity index is 567. The Morgan fingerprint density at radius 2 is 1.77 bits per heavy atom. The number of benzene rings is 1. The number of nitrogens with one attached hydrogen (secondary N) is 1. The average molecular weight is 325 g/mol. The monoisotopic (exact) mass is 324 g/mol. The first kappa shape index (κ1) is 16.6. The summed E-state index contributed by atoms with van der Waals surface area (Å²) in [7, 11) is 3.52. The molecule has 0 aliphatic heterocycles. The number of rotatable bonds is 3. The zero-order chi connectivity index (χ0) is 16.3. The molecule has 0 spiro atoms. The maximum absolute atomic E-state index is 12.3. The molecule has 1 aliphatic carbocycles. The highest BCUT2D eigenvalue weighted by atomic mass is 35.5.